The van der Waals surface area contributed by atoms with Gasteiger partial charge in [-0.25, -0.2) is 0 Å². The molecule has 4 aliphatic heterocycles. The van der Waals surface area contributed by atoms with Crippen LogP contribution in [0.3, 0.4) is 0 Å². The number of carbonyl (C=O) groups is 5. The highest BCUT2D eigenvalue weighted by molar-refractivity contribution is 6.23. The first-order chi connectivity index (χ1) is 17.9. The van der Waals surface area contributed by atoms with E-state index in [1.807, 2.05) is 17.0 Å². The van der Waals surface area contributed by atoms with Crippen LogP contribution in [0.2, 0.25) is 0 Å². The first-order valence-corrected chi connectivity index (χ1v) is 12.8. The molecule has 4 aliphatic rings. The van der Waals surface area contributed by atoms with E-state index >= 15 is 0 Å². The van der Waals surface area contributed by atoms with Crippen molar-refractivity contribution in [3.8, 4) is 6.07 Å². The second-order valence-electron chi connectivity index (χ2n) is 10.1. The number of anilines is 1. The Morgan fingerprint density at radius 1 is 0.946 bits per heavy atom. The second-order valence-corrected chi connectivity index (χ2v) is 10.1. The summed E-state index contributed by atoms with van der Waals surface area (Å²) < 4.78 is 0. The third kappa shape index (κ3) is 4.73. The number of likely N-dealkylation sites (tertiary alicyclic amines) is 1. The molecule has 192 valence electrons. The fraction of sp³-hybridized carbons (Fsp3) is 0.481. The van der Waals surface area contributed by atoms with E-state index in [1.165, 1.54) is 6.08 Å². The van der Waals surface area contributed by atoms with E-state index in [4.69, 9.17) is 5.26 Å². The van der Waals surface area contributed by atoms with Crippen LogP contribution in [0.15, 0.2) is 30.4 Å². The number of carbonyl (C=O) groups excluding carboxylic acids is 5. The third-order valence-electron chi connectivity index (χ3n) is 7.93. The van der Waals surface area contributed by atoms with Gasteiger partial charge in [-0.2, -0.15) is 5.26 Å². The zero-order chi connectivity index (χ0) is 26.1. The molecule has 5 amide bonds. The predicted octanol–water partition coefficient (Wildman–Crippen LogP) is 1.62. The van der Waals surface area contributed by atoms with Crippen LogP contribution in [0.5, 0.6) is 0 Å². The van der Waals surface area contributed by atoms with Gasteiger partial charge in [0.15, 0.2) is 0 Å². The van der Waals surface area contributed by atoms with E-state index in [0.29, 0.717) is 44.9 Å². The molecule has 0 aromatic heterocycles. The zero-order valence-corrected chi connectivity index (χ0v) is 20.5. The molecular formula is C27H29N5O5. The van der Waals surface area contributed by atoms with E-state index in [-0.39, 0.29) is 35.8 Å². The maximum Gasteiger partial charge on any atom is 0.262 e. The number of nitrogens with one attached hydrogen (secondary N) is 1. The number of piperidine rings is 3. The number of benzene rings is 1. The highest BCUT2D eigenvalue weighted by atomic mass is 16.2. The molecule has 1 N–H and O–H groups in total. The molecule has 0 spiro atoms. The van der Waals surface area contributed by atoms with Crippen molar-refractivity contribution in [3.05, 3.63) is 41.5 Å². The molecule has 1 atom stereocenters. The summed E-state index contributed by atoms with van der Waals surface area (Å²) in [5.74, 6) is -1.56. The lowest BCUT2D eigenvalue weighted by Gasteiger charge is -2.37. The Balaban J connectivity index is 1.20. The number of hydrogen-bond donors (Lipinski definition) is 1. The molecule has 5 rings (SSSR count). The van der Waals surface area contributed by atoms with Gasteiger partial charge in [0.05, 0.1) is 17.2 Å². The number of fused-ring (bicyclic) bond motifs is 1. The maximum absolute atomic E-state index is 13.1. The Morgan fingerprint density at radius 2 is 1.65 bits per heavy atom. The number of allylic oxidation sites excluding steroid dienone is 2. The van der Waals surface area contributed by atoms with Crippen LogP contribution in [-0.2, 0) is 14.4 Å². The van der Waals surface area contributed by atoms with Gasteiger partial charge in [-0.05, 0) is 56.2 Å². The van der Waals surface area contributed by atoms with Crippen LogP contribution in [0.4, 0.5) is 5.69 Å². The number of rotatable bonds is 4. The van der Waals surface area contributed by atoms with Gasteiger partial charge in [0, 0.05) is 50.3 Å². The van der Waals surface area contributed by atoms with Gasteiger partial charge in [0.25, 0.3) is 11.8 Å². The molecule has 0 radical (unpaired) electrons. The first kappa shape index (κ1) is 24.7. The van der Waals surface area contributed by atoms with Crippen molar-refractivity contribution in [1.82, 2.24) is 15.1 Å². The molecule has 0 aliphatic carbocycles. The molecule has 10 heteroatoms. The van der Waals surface area contributed by atoms with Crippen LogP contribution >= 0.6 is 0 Å². The maximum atomic E-state index is 13.1. The lowest BCUT2D eigenvalue weighted by atomic mass is 9.91. The average molecular weight is 504 g/mol. The smallest absolute Gasteiger partial charge is 0.262 e. The Morgan fingerprint density at radius 3 is 2.32 bits per heavy atom. The fourth-order valence-corrected chi connectivity index (χ4v) is 5.79. The van der Waals surface area contributed by atoms with Crippen molar-refractivity contribution < 1.29 is 24.0 Å². The molecule has 1 unspecified atom stereocenters. The van der Waals surface area contributed by atoms with Gasteiger partial charge in [0.1, 0.15) is 6.04 Å². The second kappa shape index (κ2) is 10.2. The molecular weight excluding hydrogens is 474 g/mol. The normalized spacial score (nSPS) is 23.4. The molecule has 3 fully saturated rings. The van der Waals surface area contributed by atoms with Gasteiger partial charge >= 0.3 is 0 Å². The van der Waals surface area contributed by atoms with Gasteiger partial charge < -0.3 is 9.80 Å². The molecule has 0 bridgehead atoms. The van der Waals surface area contributed by atoms with E-state index < -0.39 is 29.7 Å². The van der Waals surface area contributed by atoms with Crippen molar-refractivity contribution in [3.63, 3.8) is 0 Å². The molecule has 1 aromatic rings. The van der Waals surface area contributed by atoms with Gasteiger partial charge in [-0.15, -0.1) is 0 Å². The zero-order valence-electron chi connectivity index (χ0n) is 20.5. The van der Waals surface area contributed by atoms with E-state index in [0.717, 1.165) is 23.4 Å². The van der Waals surface area contributed by atoms with E-state index in [2.05, 4.69) is 10.2 Å². The molecule has 10 nitrogen and oxygen atoms in total. The standard InChI is InChI=1S/C27H29N5O5/c28-11-1-2-17-7-12-31(13-8-17)25(35)18-9-14-30(15-10-18)19-3-4-20-21(16-19)27(37)32(26(20)36)22-5-6-23(33)29-24(22)34/h1-4,16-18,22H,5-10,12-15H2,(H,29,33,34). The lowest BCUT2D eigenvalue weighted by Crippen LogP contribution is -2.54. The quantitative estimate of drug-likeness (QED) is 0.488. The number of nitriles is 1. The summed E-state index contributed by atoms with van der Waals surface area (Å²) in [6.07, 6.45) is 6.82. The number of hydrogen-bond acceptors (Lipinski definition) is 7. The molecule has 1 aromatic carbocycles. The van der Waals surface area contributed by atoms with Crippen LogP contribution in [0.25, 0.3) is 0 Å². The molecule has 4 heterocycles. The van der Waals surface area contributed by atoms with Crippen molar-refractivity contribution in [2.75, 3.05) is 31.1 Å². The fourth-order valence-electron chi connectivity index (χ4n) is 5.79. The van der Waals surface area contributed by atoms with Crippen LogP contribution in [-0.4, -0.2) is 71.6 Å². The number of imide groups is 2. The Bertz CT molecular complexity index is 1220. The minimum Gasteiger partial charge on any atom is -0.371 e. The average Bonchev–Trinajstić information content (AvgIpc) is 3.16. The van der Waals surface area contributed by atoms with Gasteiger partial charge in [-0.1, -0.05) is 6.08 Å². The molecule has 37 heavy (non-hydrogen) atoms. The minimum absolute atomic E-state index is 0.0388. The molecule has 0 saturated carbocycles. The van der Waals surface area contributed by atoms with Crippen molar-refractivity contribution in [2.24, 2.45) is 11.8 Å². The summed E-state index contributed by atoms with van der Waals surface area (Å²) in [5.41, 5.74) is 1.33. The van der Waals surface area contributed by atoms with E-state index in [9.17, 15) is 24.0 Å². The first-order valence-electron chi connectivity index (χ1n) is 12.8. The Hall–Kier alpha value is -4.00. The van der Waals surface area contributed by atoms with Crippen LogP contribution in [0.1, 0.15) is 59.2 Å². The van der Waals surface area contributed by atoms with Gasteiger partial charge in [0.2, 0.25) is 17.7 Å². The Labute approximate surface area is 214 Å². The summed E-state index contributed by atoms with van der Waals surface area (Å²) in [6, 6.07) is 6.17. The van der Waals surface area contributed by atoms with Crippen molar-refractivity contribution >= 4 is 35.2 Å². The minimum atomic E-state index is -0.984. The van der Waals surface area contributed by atoms with Crippen molar-refractivity contribution in [1.29, 1.82) is 5.26 Å². The van der Waals surface area contributed by atoms with Gasteiger partial charge in [-0.3, -0.25) is 34.2 Å². The van der Waals surface area contributed by atoms with E-state index in [1.54, 1.807) is 18.2 Å². The van der Waals surface area contributed by atoms with Crippen molar-refractivity contribution in [2.45, 2.75) is 44.6 Å². The van der Waals surface area contributed by atoms with Crippen LogP contribution in [0, 0.1) is 23.2 Å². The number of amides is 5. The Kier molecular flexibility index (Phi) is 6.78. The largest absolute Gasteiger partial charge is 0.371 e. The number of nitrogens with zero attached hydrogens (tertiary/aromatic N) is 4. The topological polar surface area (TPSA) is 131 Å². The summed E-state index contributed by atoms with van der Waals surface area (Å²) in [5, 5.41) is 10.9. The summed E-state index contributed by atoms with van der Waals surface area (Å²) in [6.45, 7) is 2.75. The SMILES string of the molecule is N#CC=CC1CCN(C(=O)C2CCN(c3ccc4c(c3)C(=O)N(C3CCC(=O)NC3=O)C4=O)CC2)CC1. The summed E-state index contributed by atoms with van der Waals surface area (Å²) >= 11 is 0. The third-order valence-corrected chi connectivity index (χ3v) is 7.93. The highest BCUT2D eigenvalue weighted by Crippen LogP contribution is 2.33. The lowest BCUT2D eigenvalue weighted by molar-refractivity contribution is -0.138. The molecule has 3 saturated heterocycles. The monoisotopic (exact) mass is 503 g/mol. The summed E-state index contributed by atoms with van der Waals surface area (Å²) in [7, 11) is 0. The van der Waals surface area contributed by atoms with Crippen LogP contribution < -0.4 is 10.2 Å². The summed E-state index contributed by atoms with van der Waals surface area (Å²) in [4.78, 5) is 67.9. The predicted molar refractivity (Wildman–Crippen MR) is 132 cm³/mol. The highest BCUT2D eigenvalue weighted by Gasteiger charge is 2.45.